The number of amides is 1. The molecular weight excluding hydrogens is 248 g/mol. The number of carbonyl (C=O) groups is 2. The van der Waals surface area contributed by atoms with Crippen molar-refractivity contribution in [3.05, 3.63) is 0 Å². The van der Waals surface area contributed by atoms with E-state index in [-0.39, 0.29) is 30.2 Å². The Balaban J connectivity index is 2.28. The predicted octanol–water partition coefficient (Wildman–Crippen LogP) is 0.228. The van der Waals surface area contributed by atoms with Gasteiger partial charge < -0.3 is 20.5 Å². The summed E-state index contributed by atoms with van der Waals surface area (Å²) in [4.78, 5) is 22.5. The van der Waals surface area contributed by atoms with E-state index in [0.29, 0.717) is 26.2 Å². The van der Waals surface area contributed by atoms with Crippen molar-refractivity contribution < 1.29 is 19.4 Å². The van der Waals surface area contributed by atoms with Gasteiger partial charge in [-0.3, -0.25) is 9.59 Å². The molecule has 3 N–H and O–H groups in total. The van der Waals surface area contributed by atoms with Crippen molar-refractivity contribution in [3.8, 4) is 0 Å². The van der Waals surface area contributed by atoms with Gasteiger partial charge in [-0.2, -0.15) is 0 Å². The van der Waals surface area contributed by atoms with Crippen molar-refractivity contribution >= 4 is 11.9 Å². The highest BCUT2D eigenvalue weighted by molar-refractivity contribution is 5.79. The van der Waals surface area contributed by atoms with Crippen molar-refractivity contribution in [1.82, 2.24) is 10.6 Å². The number of nitrogens with one attached hydrogen (secondary N) is 2. The minimum absolute atomic E-state index is 0.00868. The molecule has 0 radical (unpaired) electrons. The molecule has 6 nitrogen and oxygen atoms in total. The van der Waals surface area contributed by atoms with Crippen LogP contribution in [0.25, 0.3) is 0 Å². The number of rotatable bonds is 8. The van der Waals surface area contributed by atoms with E-state index < -0.39 is 5.97 Å². The van der Waals surface area contributed by atoms with Crippen LogP contribution in [0.15, 0.2) is 0 Å². The first-order chi connectivity index (χ1) is 9.04. The topological polar surface area (TPSA) is 87.7 Å². The molecule has 0 saturated carbocycles. The second kappa shape index (κ2) is 8.12. The van der Waals surface area contributed by atoms with Gasteiger partial charge in [-0.1, -0.05) is 13.8 Å². The maximum atomic E-state index is 12.0. The number of aliphatic carboxylic acids is 1. The van der Waals surface area contributed by atoms with Crippen molar-refractivity contribution in [2.75, 3.05) is 26.3 Å². The molecule has 110 valence electrons. The van der Waals surface area contributed by atoms with Gasteiger partial charge in [-0.15, -0.1) is 0 Å². The summed E-state index contributed by atoms with van der Waals surface area (Å²) >= 11 is 0. The Labute approximate surface area is 113 Å². The number of hydrogen-bond acceptors (Lipinski definition) is 4. The summed E-state index contributed by atoms with van der Waals surface area (Å²) in [6, 6.07) is 0.0827. The van der Waals surface area contributed by atoms with E-state index in [1.165, 1.54) is 0 Å². The maximum Gasteiger partial charge on any atom is 0.303 e. The molecule has 1 saturated heterocycles. The number of likely N-dealkylation sites (N-methyl/N-ethyl adjacent to an activating group) is 1. The Bertz CT molecular complexity index is 309. The molecule has 1 amide bonds. The number of carboxylic acids is 1. The summed E-state index contributed by atoms with van der Waals surface area (Å²) in [5, 5.41) is 14.7. The molecule has 3 atom stereocenters. The average molecular weight is 272 g/mol. The van der Waals surface area contributed by atoms with E-state index >= 15 is 0 Å². The van der Waals surface area contributed by atoms with Gasteiger partial charge in [0.1, 0.15) is 0 Å². The zero-order valence-electron chi connectivity index (χ0n) is 11.6. The Hall–Kier alpha value is -1.14. The van der Waals surface area contributed by atoms with Crippen molar-refractivity contribution in [2.45, 2.75) is 32.7 Å². The van der Waals surface area contributed by atoms with Crippen molar-refractivity contribution in [2.24, 2.45) is 11.8 Å². The van der Waals surface area contributed by atoms with Crippen LogP contribution in [0.2, 0.25) is 0 Å². The van der Waals surface area contributed by atoms with E-state index in [1.54, 1.807) is 0 Å². The van der Waals surface area contributed by atoms with Crippen LogP contribution in [0, 0.1) is 11.8 Å². The molecular formula is C13H24N2O4. The highest BCUT2D eigenvalue weighted by Crippen LogP contribution is 2.14. The molecule has 0 aliphatic carbocycles. The molecule has 0 aromatic carbocycles. The normalized spacial score (nSPS) is 24.1. The molecule has 0 spiro atoms. The van der Waals surface area contributed by atoms with Gasteiger partial charge in [-0.05, 0) is 18.9 Å². The van der Waals surface area contributed by atoms with Crippen LogP contribution in [0.4, 0.5) is 0 Å². The Morgan fingerprint density at radius 1 is 1.42 bits per heavy atom. The molecule has 0 aromatic rings. The number of carbonyl (C=O) groups excluding carboxylic acids is 1. The zero-order chi connectivity index (χ0) is 14.3. The highest BCUT2D eigenvalue weighted by Gasteiger charge is 2.33. The van der Waals surface area contributed by atoms with Gasteiger partial charge in [0.15, 0.2) is 0 Å². The fraction of sp³-hybridized carbons (Fsp3) is 0.846. The first-order valence-corrected chi connectivity index (χ1v) is 6.85. The lowest BCUT2D eigenvalue weighted by Crippen LogP contribution is -2.44. The van der Waals surface area contributed by atoms with Crippen LogP contribution in [-0.4, -0.2) is 49.3 Å². The van der Waals surface area contributed by atoms with Crippen LogP contribution in [0.3, 0.4) is 0 Å². The van der Waals surface area contributed by atoms with Gasteiger partial charge in [0.05, 0.1) is 19.1 Å². The fourth-order valence-electron chi connectivity index (χ4n) is 2.15. The quantitative estimate of drug-likeness (QED) is 0.588. The highest BCUT2D eigenvalue weighted by atomic mass is 16.5. The zero-order valence-corrected chi connectivity index (χ0v) is 11.6. The smallest absolute Gasteiger partial charge is 0.303 e. The molecule has 19 heavy (non-hydrogen) atoms. The minimum atomic E-state index is -0.797. The minimum Gasteiger partial charge on any atom is -0.481 e. The van der Waals surface area contributed by atoms with Gasteiger partial charge in [-0.25, -0.2) is 0 Å². The molecule has 1 aliphatic heterocycles. The lowest BCUT2D eigenvalue weighted by atomic mass is 10.0. The molecule has 1 aliphatic rings. The predicted molar refractivity (Wildman–Crippen MR) is 70.8 cm³/mol. The van der Waals surface area contributed by atoms with Crippen LogP contribution < -0.4 is 10.6 Å². The van der Waals surface area contributed by atoms with Gasteiger partial charge in [0.25, 0.3) is 0 Å². The first-order valence-electron chi connectivity index (χ1n) is 6.85. The number of hydrogen-bond donors (Lipinski definition) is 3. The molecule has 1 fully saturated rings. The third kappa shape index (κ3) is 5.57. The third-order valence-corrected chi connectivity index (χ3v) is 3.36. The van der Waals surface area contributed by atoms with Crippen molar-refractivity contribution in [3.63, 3.8) is 0 Å². The van der Waals surface area contributed by atoms with E-state index in [0.717, 1.165) is 6.54 Å². The second-order valence-corrected chi connectivity index (χ2v) is 5.09. The van der Waals surface area contributed by atoms with E-state index in [1.807, 2.05) is 13.8 Å². The fourth-order valence-corrected chi connectivity index (χ4v) is 2.15. The Kier molecular flexibility index (Phi) is 6.80. The molecule has 6 heteroatoms. The monoisotopic (exact) mass is 272 g/mol. The van der Waals surface area contributed by atoms with E-state index in [4.69, 9.17) is 9.84 Å². The Morgan fingerprint density at radius 3 is 2.79 bits per heavy atom. The van der Waals surface area contributed by atoms with Crippen LogP contribution in [0.5, 0.6) is 0 Å². The largest absolute Gasteiger partial charge is 0.481 e. The molecule has 3 unspecified atom stereocenters. The summed E-state index contributed by atoms with van der Waals surface area (Å²) < 4.78 is 5.33. The summed E-state index contributed by atoms with van der Waals surface area (Å²) in [6.45, 7) is 6.29. The van der Waals surface area contributed by atoms with Crippen LogP contribution >= 0.6 is 0 Å². The molecule has 1 heterocycles. The second-order valence-electron chi connectivity index (χ2n) is 5.09. The third-order valence-electron chi connectivity index (χ3n) is 3.36. The summed E-state index contributed by atoms with van der Waals surface area (Å²) in [6.07, 6.45) is 0.719. The molecule has 0 aromatic heterocycles. The maximum absolute atomic E-state index is 12.0. The van der Waals surface area contributed by atoms with E-state index in [2.05, 4.69) is 10.6 Å². The summed E-state index contributed by atoms with van der Waals surface area (Å²) in [5.74, 6) is -0.785. The molecule has 0 bridgehead atoms. The standard InChI is InChI=1S/C13H24N2O4/c1-3-14-11-8-19-7-10(11)13(18)15-6-9(2)4-5-12(16)17/h9-11,14H,3-8H2,1-2H3,(H,15,18)(H,16,17). The molecule has 1 rings (SSSR count). The van der Waals surface area contributed by atoms with E-state index in [9.17, 15) is 9.59 Å². The van der Waals surface area contributed by atoms with Crippen LogP contribution in [0.1, 0.15) is 26.7 Å². The van der Waals surface area contributed by atoms with Crippen LogP contribution in [-0.2, 0) is 14.3 Å². The van der Waals surface area contributed by atoms with Gasteiger partial charge in [0, 0.05) is 19.0 Å². The average Bonchev–Trinajstić information content (AvgIpc) is 2.82. The number of ether oxygens (including phenoxy) is 1. The Morgan fingerprint density at radius 2 is 2.16 bits per heavy atom. The lowest BCUT2D eigenvalue weighted by Gasteiger charge is -2.19. The summed E-state index contributed by atoms with van der Waals surface area (Å²) in [7, 11) is 0. The lowest BCUT2D eigenvalue weighted by molar-refractivity contribution is -0.137. The van der Waals surface area contributed by atoms with Crippen molar-refractivity contribution in [1.29, 1.82) is 0 Å². The van der Waals surface area contributed by atoms with Gasteiger partial charge >= 0.3 is 5.97 Å². The van der Waals surface area contributed by atoms with Gasteiger partial charge in [0.2, 0.25) is 5.91 Å². The summed E-state index contributed by atoms with van der Waals surface area (Å²) in [5.41, 5.74) is 0. The number of carboxylic acid groups (broad SMARTS) is 1. The SMILES string of the molecule is CCNC1COCC1C(=O)NCC(C)CCC(=O)O. The first kappa shape index (κ1) is 15.9.